The van der Waals surface area contributed by atoms with Crippen molar-refractivity contribution in [2.24, 2.45) is 5.92 Å². The predicted molar refractivity (Wildman–Crippen MR) is 105 cm³/mol. The molecule has 6 nitrogen and oxygen atoms in total. The topological polar surface area (TPSA) is 87.3 Å². The van der Waals surface area contributed by atoms with Crippen molar-refractivity contribution in [1.82, 2.24) is 5.32 Å². The molecule has 1 aromatic carbocycles. The number of rotatable bonds is 7. The highest BCUT2D eigenvalue weighted by atomic mass is 32.1. The number of thiophene rings is 1. The van der Waals surface area contributed by atoms with E-state index in [2.05, 4.69) is 16.0 Å². The Hall–Kier alpha value is -2.67. The zero-order chi connectivity index (χ0) is 19.1. The molecule has 0 spiro atoms. The Morgan fingerprint density at radius 3 is 2.00 bits per heavy atom. The summed E-state index contributed by atoms with van der Waals surface area (Å²) in [5.74, 6) is -0.324. The van der Waals surface area contributed by atoms with E-state index in [9.17, 15) is 14.4 Å². The fraction of sp³-hybridized carbons (Fsp3) is 0.316. The Morgan fingerprint density at radius 2 is 1.50 bits per heavy atom. The summed E-state index contributed by atoms with van der Waals surface area (Å²) in [5, 5.41) is 8.10. The number of aryl methyl sites for hydroxylation is 1. The van der Waals surface area contributed by atoms with Crippen molar-refractivity contribution in [3.63, 3.8) is 0 Å². The van der Waals surface area contributed by atoms with E-state index >= 15 is 0 Å². The van der Waals surface area contributed by atoms with Crippen molar-refractivity contribution < 1.29 is 14.4 Å². The van der Waals surface area contributed by atoms with E-state index in [0.29, 0.717) is 28.6 Å². The average molecular weight is 373 g/mol. The molecule has 1 heterocycles. The molecule has 0 aliphatic carbocycles. The van der Waals surface area contributed by atoms with Crippen molar-refractivity contribution in [3.8, 4) is 0 Å². The van der Waals surface area contributed by atoms with Crippen LogP contribution < -0.4 is 16.0 Å². The van der Waals surface area contributed by atoms with Crippen molar-refractivity contribution in [2.75, 3.05) is 17.2 Å². The van der Waals surface area contributed by atoms with Crippen LogP contribution in [0, 0.1) is 12.8 Å². The van der Waals surface area contributed by atoms with Crippen LogP contribution >= 0.6 is 11.3 Å². The van der Waals surface area contributed by atoms with Gasteiger partial charge in [0.05, 0.1) is 11.4 Å². The standard InChI is InChI=1S/C19H23N3O3S/c1-12(2)10-17(23)21-14-5-7-15(8-6-14)22-18(24)11-20-19(25)16-9-4-13(3)26-16/h4-9,12H,10-11H2,1-3H3,(H,20,25)(H,21,23)(H,22,24). The molecule has 7 heteroatoms. The van der Waals surface area contributed by atoms with Gasteiger partial charge in [-0.25, -0.2) is 0 Å². The Morgan fingerprint density at radius 1 is 0.923 bits per heavy atom. The number of benzene rings is 1. The molecule has 0 unspecified atom stereocenters. The van der Waals surface area contributed by atoms with Gasteiger partial charge in [-0.1, -0.05) is 13.8 Å². The molecule has 0 radical (unpaired) electrons. The molecule has 0 aliphatic heterocycles. The summed E-state index contributed by atoms with van der Waals surface area (Å²) < 4.78 is 0. The third kappa shape index (κ3) is 6.33. The molecule has 138 valence electrons. The third-order valence-corrected chi connectivity index (χ3v) is 4.42. The molecule has 0 saturated heterocycles. The lowest BCUT2D eigenvalue weighted by atomic mass is 10.1. The van der Waals surface area contributed by atoms with Crippen LogP contribution in [0.3, 0.4) is 0 Å². The second kappa shape index (κ2) is 9.15. The maximum absolute atomic E-state index is 11.9. The molecular formula is C19H23N3O3S. The summed E-state index contributed by atoms with van der Waals surface area (Å²) in [5.41, 5.74) is 1.27. The van der Waals surface area contributed by atoms with E-state index in [-0.39, 0.29) is 24.3 Å². The molecule has 2 aromatic rings. The Bertz CT molecular complexity index is 782. The second-order valence-corrected chi connectivity index (χ2v) is 7.65. The van der Waals surface area contributed by atoms with Gasteiger partial charge in [0, 0.05) is 22.7 Å². The summed E-state index contributed by atoms with van der Waals surface area (Å²) >= 11 is 1.38. The van der Waals surface area contributed by atoms with Gasteiger partial charge >= 0.3 is 0 Å². The van der Waals surface area contributed by atoms with Crippen molar-refractivity contribution in [3.05, 3.63) is 46.2 Å². The molecule has 2 rings (SSSR count). The molecule has 1 aromatic heterocycles. The van der Waals surface area contributed by atoms with Gasteiger partial charge < -0.3 is 16.0 Å². The van der Waals surface area contributed by atoms with Crippen LogP contribution in [0.2, 0.25) is 0 Å². The minimum absolute atomic E-state index is 0.0386. The lowest BCUT2D eigenvalue weighted by Crippen LogP contribution is -2.32. The van der Waals surface area contributed by atoms with E-state index < -0.39 is 0 Å². The fourth-order valence-corrected chi connectivity index (χ4v) is 3.01. The molecule has 0 aliphatic rings. The number of amides is 3. The van der Waals surface area contributed by atoms with Gasteiger partial charge in [0.1, 0.15) is 0 Å². The van der Waals surface area contributed by atoms with Crippen LogP contribution in [0.4, 0.5) is 11.4 Å². The average Bonchev–Trinajstić information content (AvgIpc) is 3.00. The second-order valence-electron chi connectivity index (χ2n) is 6.36. The first-order valence-corrected chi connectivity index (χ1v) is 9.19. The van der Waals surface area contributed by atoms with Gasteiger partial charge in [-0.2, -0.15) is 0 Å². The van der Waals surface area contributed by atoms with Crippen molar-refractivity contribution in [1.29, 1.82) is 0 Å². The molecule has 0 saturated carbocycles. The van der Waals surface area contributed by atoms with Gasteiger partial charge in [-0.3, -0.25) is 14.4 Å². The highest BCUT2D eigenvalue weighted by Gasteiger charge is 2.10. The first-order valence-electron chi connectivity index (χ1n) is 8.38. The highest BCUT2D eigenvalue weighted by molar-refractivity contribution is 7.13. The number of hydrogen-bond donors (Lipinski definition) is 3. The Labute approximate surface area is 157 Å². The van der Waals surface area contributed by atoms with Crippen molar-refractivity contribution in [2.45, 2.75) is 27.2 Å². The lowest BCUT2D eigenvalue weighted by Gasteiger charge is -2.09. The predicted octanol–water partition coefficient (Wildman–Crippen LogP) is 3.41. The van der Waals surface area contributed by atoms with Crippen LogP contribution in [0.15, 0.2) is 36.4 Å². The highest BCUT2D eigenvalue weighted by Crippen LogP contribution is 2.15. The number of carbonyl (C=O) groups is 3. The van der Waals surface area contributed by atoms with Gasteiger partial charge in [0.15, 0.2) is 0 Å². The largest absolute Gasteiger partial charge is 0.342 e. The van der Waals surface area contributed by atoms with E-state index in [4.69, 9.17) is 0 Å². The molecule has 0 atom stereocenters. The maximum atomic E-state index is 11.9. The smallest absolute Gasteiger partial charge is 0.261 e. The van der Waals surface area contributed by atoms with Crippen LogP contribution in [0.25, 0.3) is 0 Å². The summed E-state index contributed by atoms with van der Waals surface area (Å²) in [6.07, 6.45) is 0.460. The SMILES string of the molecule is Cc1ccc(C(=O)NCC(=O)Nc2ccc(NC(=O)CC(C)C)cc2)s1. The zero-order valence-electron chi connectivity index (χ0n) is 15.1. The van der Waals surface area contributed by atoms with E-state index in [1.807, 2.05) is 26.8 Å². The van der Waals surface area contributed by atoms with Gasteiger partial charge in [-0.15, -0.1) is 11.3 Å². The normalized spacial score (nSPS) is 10.5. The zero-order valence-corrected chi connectivity index (χ0v) is 15.9. The summed E-state index contributed by atoms with van der Waals surface area (Å²) in [6.45, 7) is 5.78. The van der Waals surface area contributed by atoms with E-state index in [0.717, 1.165) is 4.88 Å². The summed E-state index contributed by atoms with van der Waals surface area (Å²) in [4.78, 5) is 37.2. The maximum Gasteiger partial charge on any atom is 0.261 e. The number of nitrogens with one attached hydrogen (secondary N) is 3. The fourth-order valence-electron chi connectivity index (χ4n) is 2.23. The summed E-state index contributed by atoms with van der Waals surface area (Å²) in [6, 6.07) is 10.4. The van der Waals surface area contributed by atoms with Gasteiger partial charge in [-0.05, 0) is 49.2 Å². The number of carbonyl (C=O) groups excluding carboxylic acids is 3. The Kier molecular flexibility index (Phi) is 6.91. The molecule has 3 N–H and O–H groups in total. The monoisotopic (exact) mass is 373 g/mol. The first-order chi connectivity index (χ1) is 12.3. The van der Waals surface area contributed by atoms with Crippen molar-refractivity contribution >= 4 is 40.4 Å². The van der Waals surface area contributed by atoms with E-state index in [1.54, 1.807) is 30.3 Å². The first kappa shape index (κ1) is 19.7. The number of hydrogen-bond acceptors (Lipinski definition) is 4. The van der Waals surface area contributed by atoms with Crippen LogP contribution in [-0.4, -0.2) is 24.3 Å². The molecule has 3 amide bonds. The van der Waals surface area contributed by atoms with E-state index in [1.165, 1.54) is 11.3 Å². The van der Waals surface area contributed by atoms with Crippen LogP contribution in [0.1, 0.15) is 34.8 Å². The minimum atomic E-state index is -0.316. The van der Waals surface area contributed by atoms with Gasteiger partial charge in [0.25, 0.3) is 5.91 Å². The quantitative estimate of drug-likeness (QED) is 0.695. The lowest BCUT2D eigenvalue weighted by molar-refractivity contribution is -0.117. The van der Waals surface area contributed by atoms with Crippen LogP contribution in [0.5, 0.6) is 0 Å². The summed E-state index contributed by atoms with van der Waals surface area (Å²) in [7, 11) is 0. The molecule has 0 fully saturated rings. The molecule has 0 bridgehead atoms. The molecule has 26 heavy (non-hydrogen) atoms. The van der Waals surface area contributed by atoms with Crippen LogP contribution in [-0.2, 0) is 9.59 Å². The van der Waals surface area contributed by atoms with Gasteiger partial charge in [0.2, 0.25) is 11.8 Å². The Balaban J connectivity index is 1.80. The minimum Gasteiger partial charge on any atom is -0.342 e. The third-order valence-electron chi connectivity index (χ3n) is 3.42. The molecular weight excluding hydrogens is 350 g/mol. The number of anilines is 2.